The zero-order valence-electron chi connectivity index (χ0n) is 12.3. The van der Waals surface area contributed by atoms with Crippen molar-refractivity contribution in [2.45, 2.75) is 58.0 Å². The van der Waals surface area contributed by atoms with Gasteiger partial charge in [0.1, 0.15) is 0 Å². The lowest BCUT2D eigenvalue weighted by molar-refractivity contribution is -0.142. The van der Waals surface area contributed by atoms with Gasteiger partial charge in [0.2, 0.25) is 5.89 Å². The summed E-state index contributed by atoms with van der Waals surface area (Å²) in [5.41, 5.74) is 0. The maximum absolute atomic E-state index is 11.5. The molecule has 0 saturated carbocycles. The van der Waals surface area contributed by atoms with E-state index in [0.717, 1.165) is 38.6 Å². The Labute approximate surface area is 119 Å². The second-order valence-electron chi connectivity index (χ2n) is 5.25. The Morgan fingerprint density at radius 3 is 3.10 bits per heavy atom. The fourth-order valence-electron chi connectivity index (χ4n) is 2.63. The molecule has 1 aromatic rings. The zero-order valence-corrected chi connectivity index (χ0v) is 12.3. The molecule has 2 heterocycles. The number of aryl methyl sites for hydroxylation is 1. The van der Waals surface area contributed by atoms with Gasteiger partial charge in [0.25, 0.3) is 0 Å². The van der Waals surface area contributed by atoms with Gasteiger partial charge in [-0.1, -0.05) is 18.5 Å². The lowest BCUT2D eigenvalue weighted by Gasteiger charge is -2.34. The molecule has 1 aliphatic heterocycles. The van der Waals surface area contributed by atoms with Gasteiger partial charge < -0.3 is 9.26 Å². The van der Waals surface area contributed by atoms with Gasteiger partial charge in [0.05, 0.1) is 20.1 Å². The van der Waals surface area contributed by atoms with E-state index in [9.17, 15) is 4.79 Å². The van der Waals surface area contributed by atoms with Crippen LogP contribution in [0, 0.1) is 0 Å². The van der Waals surface area contributed by atoms with Crippen molar-refractivity contribution in [3.05, 3.63) is 11.7 Å². The Hall–Kier alpha value is -1.43. The number of carbonyl (C=O) groups is 1. The summed E-state index contributed by atoms with van der Waals surface area (Å²) in [5, 5.41) is 4.02. The van der Waals surface area contributed by atoms with Crippen LogP contribution in [0.4, 0.5) is 0 Å². The Morgan fingerprint density at radius 2 is 2.35 bits per heavy atom. The number of nitrogens with zero attached hydrogens (tertiary/aromatic N) is 3. The van der Waals surface area contributed by atoms with Crippen molar-refractivity contribution in [1.29, 1.82) is 0 Å². The number of aromatic nitrogens is 2. The van der Waals surface area contributed by atoms with E-state index in [4.69, 9.17) is 9.26 Å². The van der Waals surface area contributed by atoms with Crippen molar-refractivity contribution in [3.8, 4) is 0 Å². The highest BCUT2D eigenvalue weighted by Crippen LogP contribution is 2.21. The molecule has 112 valence electrons. The van der Waals surface area contributed by atoms with Crippen LogP contribution in [0.25, 0.3) is 0 Å². The highest BCUT2D eigenvalue weighted by molar-refractivity contribution is 5.69. The largest absolute Gasteiger partial charge is 0.469 e. The monoisotopic (exact) mass is 281 g/mol. The van der Waals surface area contributed by atoms with Crippen molar-refractivity contribution >= 4 is 5.97 Å². The molecule has 20 heavy (non-hydrogen) atoms. The minimum absolute atomic E-state index is 0.151. The van der Waals surface area contributed by atoms with Gasteiger partial charge in [-0.3, -0.25) is 9.69 Å². The van der Waals surface area contributed by atoms with Crippen LogP contribution in [0.1, 0.15) is 50.7 Å². The van der Waals surface area contributed by atoms with E-state index >= 15 is 0 Å². The van der Waals surface area contributed by atoms with Gasteiger partial charge in [-0.15, -0.1) is 0 Å². The fraction of sp³-hybridized carbons (Fsp3) is 0.786. The topological polar surface area (TPSA) is 68.5 Å². The van der Waals surface area contributed by atoms with Crippen LogP contribution in [0.3, 0.4) is 0 Å². The third kappa shape index (κ3) is 4.03. The molecule has 0 spiro atoms. The molecule has 1 unspecified atom stereocenters. The first-order valence-electron chi connectivity index (χ1n) is 7.35. The third-order valence-electron chi connectivity index (χ3n) is 3.70. The minimum atomic E-state index is -0.151. The first kappa shape index (κ1) is 15.0. The molecule has 1 saturated heterocycles. The van der Waals surface area contributed by atoms with Crippen LogP contribution in [0.5, 0.6) is 0 Å². The number of ether oxygens (including phenoxy) is 1. The van der Waals surface area contributed by atoms with Crippen molar-refractivity contribution in [1.82, 2.24) is 15.0 Å². The molecule has 0 aromatic carbocycles. The van der Waals surface area contributed by atoms with Crippen LogP contribution in [-0.4, -0.2) is 40.7 Å². The van der Waals surface area contributed by atoms with Crippen LogP contribution in [-0.2, 0) is 22.5 Å². The van der Waals surface area contributed by atoms with Gasteiger partial charge in [-0.25, -0.2) is 0 Å². The number of carbonyl (C=O) groups excluding carboxylic acids is 1. The maximum Gasteiger partial charge on any atom is 0.307 e. The first-order chi connectivity index (χ1) is 9.72. The molecule has 6 nitrogen and oxygen atoms in total. The van der Waals surface area contributed by atoms with Gasteiger partial charge in [0.15, 0.2) is 5.82 Å². The standard InChI is InChI=1S/C14H23N3O3/c1-3-6-13-15-12(16-20-13)10-17-8-5-4-7-11(17)9-14(18)19-2/h11H,3-10H2,1-2H3. The number of rotatable bonds is 6. The normalized spacial score (nSPS) is 20.0. The number of likely N-dealkylation sites (tertiary alicyclic amines) is 1. The predicted molar refractivity (Wildman–Crippen MR) is 73.0 cm³/mol. The number of esters is 1. The number of hydrogen-bond acceptors (Lipinski definition) is 6. The van der Waals surface area contributed by atoms with E-state index in [1.807, 2.05) is 0 Å². The van der Waals surface area contributed by atoms with Gasteiger partial charge >= 0.3 is 5.97 Å². The molecule has 1 atom stereocenters. The Morgan fingerprint density at radius 1 is 1.50 bits per heavy atom. The molecule has 0 N–H and O–H groups in total. The SMILES string of the molecule is CCCc1nc(CN2CCCCC2CC(=O)OC)no1. The summed E-state index contributed by atoms with van der Waals surface area (Å²) in [4.78, 5) is 18.1. The molecular weight excluding hydrogens is 258 g/mol. The highest BCUT2D eigenvalue weighted by Gasteiger charge is 2.26. The average molecular weight is 281 g/mol. The summed E-state index contributed by atoms with van der Waals surface area (Å²) in [6.45, 7) is 3.70. The van der Waals surface area contributed by atoms with E-state index in [-0.39, 0.29) is 12.0 Å². The molecule has 0 bridgehead atoms. The van der Waals surface area contributed by atoms with Crippen LogP contribution >= 0.6 is 0 Å². The number of methoxy groups -OCH3 is 1. The van der Waals surface area contributed by atoms with Crippen LogP contribution in [0.2, 0.25) is 0 Å². The quantitative estimate of drug-likeness (QED) is 0.742. The van der Waals surface area contributed by atoms with Crippen molar-refractivity contribution < 1.29 is 14.1 Å². The third-order valence-corrected chi connectivity index (χ3v) is 3.70. The predicted octanol–water partition coefficient (Wildman–Crippen LogP) is 1.94. The molecule has 1 aliphatic rings. The molecule has 1 fully saturated rings. The summed E-state index contributed by atoms with van der Waals surface area (Å²) >= 11 is 0. The number of piperidine rings is 1. The fourth-order valence-corrected chi connectivity index (χ4v) is 2.63. The highest BCUT2D eigenvalue weighted by atomic mass is 16.5. The minimum Gasteiger partial charge on any atom is -0.469 e. The van der Waals surface area contributed by atoms with Gasteiger partial charge in [-0.2, -0.15) is 4.98 Å². The smallest absolute Gasteiger partial charge is 0.307 e. The van der Waals surface area contributed by atoms with Crippen LogP contribution < -0.4 is 0 Å². The maximum atomic E-state index is 11.5. The lowest BCUT2D eigenvalue weighted by Crippen LogP contribution is -2.40. The summed E-state index contributed by atoms with van der Waals surface area (Å²) in [6.07, 6.45) is 5.59. The average Bonchev–Trinajstić information content (AvgIpc) is 2.88. The van der Waals surface area contributed by atoms with E-state index < -0.39 is 0 Å². The summed E-state index contributed by atoms with van der Waals surface area (Å²) in [5.74, 6) is 1.26. The second-order valence-corrected chi connectivity index (χ2v) is 5.25. The number of hydrogen-bond donors (Lipinski definition) is 0. The van der Waals surface area contributed by atoms with Gasteiger partial charge in [0, 0.05) is 12.5 Å². The lowest BCUT2D eigenvalue weighted by atomic mass is 9.99. The van der Waals surface area contributed by atoms with Crippen molar-refractivity contribution in [2.75, 3.05) is 13.7 Å². The van der Waals surface area contributed by atoms with Crippen molar-refractivity contribution in [3.63, 3.8) is 0 Å². The first-order valence-corrected chi connectivity index (χ1v) is 7.35. The van der Waals surface area contributed by atoms with E-state index in [1.54, 1.807) is 0 Å². The molecule has 0 radical (unpaired) electrons. The van der Waals surface area contributed by atoms with Crippen LogP contribution in [0.15, 0.2) is 4.52 Å². The Bertz CT molecular complexity index is 433. The van der Waals surface area contributed by atoms with E-state index in [0.29, 0.717) is 24.7 Å². The Balaban J connectivity index is 1.95. The molecule has 2 rings (SSSR count). The molecule has 0 amide bonds. The molecule has 1 aromatic heterocycles. The zero-order chi connectivity index (χ0) is 14.4. The molecule has 0 aliphatic carbocycles. The summed E-state index contributed by atoms with van der Waals surface area (Å²) in [6, 6.07) is 0.226. The second kappa shape index (κ2) is 7.38. The summed E-state index contributed by atoms with van der Waals surface area (Å²) in [7, 11) is 1.44. The Kier molecular flexibility index (Phi) is 5.52. The van der Waals surface area contributed by atoms with Crippen molar-refractivity contribution in [2.24, 2.45) is 0 Å². The van der Waals surface area contributed by atoms with E-state index in [2.05, 4.69) is 22.0 Å². The van der Waals surface area contributed by atoms with E-state index in [1.165, 1.54) is 7.11 Å². The molecular formula is C14H23N3O3. The molecule has 6 heteroatoms. The summed E-state index contributed by atoms with van der Waals surface area (Å²) < 4.78 is 9.98. The van der Waals surface area contributed by atoms with Gasteiger partial charge in [-0.05, 0) is 25.8 Å².